The van der Waals surface area contributed by atoms with Gasteiger partial charge in [-0.2, -0.15) is 0 Å². The van der Waals surface area contributed by atoms with E-state index in [9.17, 15) is 0 Å². The smallest absolute Gasteiger partial charge is 0.0411 e. The van der Waals surface area contributed by atoms with Gasteiger partial charge in [-0.15, -0.1) is 0 Å². The van der Waals surface area contributed by atoms with Crippen molar-refractivity contribution in [3.63, 3.8) is 0 Å². The van der Waals surface area contributed by atoms with Gasteiger partial charge in [0.15, 0.2) is 0 Å². The van der Waals surface area contributed by atoms with Crippen molar-refractivity contribution in [2.75, 3.05) is 6.54 Å². The highest BCUT2D eigenvalue weighted by Crippen LogP contribution is 2.01. The zero-order valence-corrected chi connectivity index (χ0v) is 8.30. The lowest BCUT2D eigenvalue weighted by atomic mass is 10.1. The largest absolute Gasteiger partial charge is 0.297 e. The van der Waals surface area contributed by atoms with Crippen LogP contribution in [0.25, 0.3) is 0 Å². The molecule has 1 nitrogen and oxygen atoms in total. The summed E-state index contributed by atoms with van der Waals surface area (Å²) in [5.41, 5.74) is 0. The first-order chi connectivity index (χ1) is 5.20. The summed E-state index contributed by atoms with van der Waals surface area (Å²) < 4.78 is 0. The third-order valence-corrected chi connectivity index (χ3v) is 2.12. The Kier molecular flexibility index (Phi) is 6.19. The van der Waals surface area contributed by atoms with Crippen LogP contribution in [-0.2, 0) is 0 Å². The van der Waals surface area contributed by atoms with Crippen LogP contribution in [0.1, 0.15) is 40.5 Å². The molecule has 0 spiro atoms. The zero-order valence-electron chi connectivity index (χ0n) is 8.30. The lowest BCUT2D eigenvalue weighted by Gasteiger charge is -2.03. The summed E-state index contributed by atoms with van der Waals surface area (Å²) in [7, 11) is 0. The van der Waals surface area contributed by atoms with E-state index in [1.165, 1.54) is 12.8 Å². The molecule has 0 aliphatic rings. The first-order valence-corrected chi connectivity index (χ1v) is 4.70. The molecule has 0 aromatic heterocycles. The number of rotatable bonds is 5. The topological polar surface area (TPSA) is 12.4 Å². The molecule has 0 rings (SSSR count). The molecule has 0 N–H and O–H groups in total. The first kappa shape index (κ1) is 10.7. The molecule has 66 valence electrons. The van der Waals surface area contributed by atoms with Crippen LogP contribution in [0.2, 0.25) is 0 Å². The molecule has 0 aliphatic carbocycles. The predicted molar refractivity (Wildman–Crippen MR) is 52.3 cm³/mol. The molecule has 0 saturated heterocycles. The van der Waals surface area contributed by atoms with Crippen LogP contribution >= 0.6 is 0 Å². The second-order valence-electron chi connectivity index (χ2n) is 3.41. The first-order valence-electron chi connectivity index (χ1n) is 4.70. The predicted octanol–water partition coefficient (Wildman–Crippen LogP) is 3.15. The fraction of sp³-hybridized carbons (Fsp3) is 0.900. The molecular weight excluding hydrogens is 134 g/mol. The SMILES string of the molecule is CC[C@H](C)CN=C[C@H](C)CC. The van der Waals surface area contributed by atoms with Gasteiger partial charge in [0, 0.05) is 12.8 Å². The fourth-order valence-electron chi connectivity index (χ4n) is 0.655. The highest BCUT2D eigenvalue weighted by Gasteiger charge is 1.95. The summed E-state index contributed by atoms with van der Waals surface area (Å²) in [6.45, 7) is 9.86. The Labute approximate surface area is 70.9 Å². The Balaban J connectivity index is 3.43. The Hall–Kier alpha value is -0.330. The van der Waals surface area contributed by atoms with Gasteiger partial charge in [0.05, 0.1) is 0 Å². The van der Waals surface area contributed by atoms with Crippen LogP contribution in [0.5, 0.6) is 0 Å². The highest BCUT2D eigenvalue weighted by molar-refractivity contribution is 5.59. The van der Waals surface area contributed by atoms with Crippen molar-refractivity contribution in [2.45, 2.75) is 40.5 Å². The second-order valence-corrected chi connectivity index (χ2v) is 3.41. The van der Waals surface area contributed by atoms with Gasteiger partial charge in [-0.3, -0.25) is 4.99 Å². The van der Waals surface area contributed by atoms with E-state index >= 15 is 0 Å². The molecule has 0 aromatic carbocycles. The molecule has 0 unspecified atom stereocenters. The Morgan fingerprint density at radius 1 is 1.18 bits per heavy atom. The molecule has 0 radical (unpaired) electrons. The maximum Gasteiger partial charge on any atom is 0.0411 e. The molecule has 0 aromatic rings. The van der Waals surface area contributed by atoms with E-state index in [-0.39, 0.29) is 0 Å². The highest BCUT2D eigenvalue weighted by atomic mass is 14.7. The maximum absolute atomic E-state index is 4.39. The van der Waals surface area contributed by atoms with Gasteiger partial charge < -0.3 is 0 Å². The van der Waals surface area contributed by atoms with Gasteiger partial charge >= 0.3 is 0 Å². The van der Waals surface area contributed by atoms with Crippen molar-refractivity contribution < 1.29 is 0 Å². The van der Waals surface area contributed by atoms with Gasteiger partial charge in [-0.1, -0.05) is 34.1 Å². The Morgan fingerprint density at radius 2 is 1.82 bits per heavy atom. The minimum Gasteiger partial charge on any atom is -0.297 e. The van der Waals surface area contributed by atoms with Crippen molar-refractivity contribution in [1.29, 1.82) is 0 Å². The summed E-state index contributed by atoms with van der Waals surface area (Å²) in [5.74, 6) is 1.40. The van der Waals surface area contributed by atoms with Gasteiger partial charge in [-0.25, -0.2) is 0 Å². The van der Waals surface area contributed by atoms with Crippen molar-refractivity contribution >= 4 is 6.21 Å². The Morgan fingerprint density at radius 3 is 2.27 bits per heavy atom. The number of hydrogen-bond acceptors (Lipinski definition) is 1. The van der Waals surface area contributed by atoms with Crippen LogP contribution in [0, 0.1) is 11.8 Å². The molecule has 0 aliphatic heterocycles. The maximum atomic E-state index is 4.39. The summed E-state index contributed by atoms with van der Waals surface area (Å²) in [6, 6.07) is 0. The molecule has 2 atom stereocenters. The molecule has 0 fully saturated rings. The number of aliphatic imine (C=N–C) groups is 1. The molecule has 0 heterocycles. The summed E-state index contributed by atoms with van der Waals surface area (Å²) in [5, 5.41) is 0. The van der Waals surface area contributed by atoms with E-state index < -0.39 is 0 Å². The van der Waals surface area contributed by atoms with Crippen LogP contribution in [0.3, 0.4) is 0 Å². The van der Waals surface area contributed by atoms with E-state index in [2.05, 4.69) is 38.9 Å². The third-order valence-electron chi connectivity index (χ3n) is 2.12. The zero-order chi connectivity index (χ0) is 8.69. The van der Waals surface area contributed by atoms with Crippen LogP contribution in [0.4, 0.5) is 0 Å². The van der Waals surface area contributed by atoms with E-state index in [0.717, 1.165) is 12.5 Å². The molecule has 0 amide bonds. The Bertz CT molecular complexity index is 107. The average Bonchev–Trinajstić information content (AvgIpc) is 2.04. The van der Waals surface area contributed by atoms with Gasteiger partial charge in [-0.05, 0) is 18.3 Å². The number of nitrogens with zero attached hydrogens (tertiary/aromatic N) is 1. The molecule has 11 heavy (non-hydrogen) atoms. The van der Waals surface area contributed by atoms with Gasteiger partial charge in [0.2, 0.25) is 0 Å². The van der Waals surface area contributed by atoms with Crippen molar-refractivity contribution in [3.05, 3.63) is 0 Å². The van der Waals surface area contributed by atoms with Crippen molar-refractivity contribution in [1.82, 2.24) is 0 Å². The second kappa shape index (κ2) is 6.38. The minimum atomic E-state index is 0.652. The van der Waals surface area contributed by atoms with Crippen LogP contribution in [-0.4, -0.2) is 12.8 Å². The van der Waals surface area contributed by atoms with E-state index in [1.807, 2.05) is 0 Å². The number of hydrogen-bond donors (Lipinski definition) is 0. The van der Waals surface area contributed by atoms with Crippen molar-refractivity contribution in [2.24, 2.45) is 16.8 Å². The molecule has 1 heteroatoms. The molecular formula is C10H21N. The van der Waals surface area contributed by atoms with Crippen LogP contribution in [0.15, 0.2) is 4.99 Å². The lowest BCUT2D eigenvalue weighted by Crippen LogP contribution is -1.99. The summed E-state index contributed by atoms with van der Waals surface area (Å²) in [6.07, 6.45) is 4.52. The van der Waals surface area contributed by atoms with Gasteiger partial charge in [0.25, 0.3) is 0 Å². The lowest BCUT2D eigenvalue weighted by molar-refractivity contribution is 0.575. The van der Waals surface area contributed by atoms with Gasteiger partial charge in [0.1, 0.15) is 0 Å². The quantitative estimate of drug-likeness (QED) is 0.541. The summed E-state index contributed by atoms with van der Waals surface area (Å²) in [4.78, 5) is 4.39. The molecule has 0 saturated carbocycles. The average molecular weight is 155 g/mol. The fourth-order valence-corrected chi connectivity index (χ4v) is 0.655. The standard InChI is InChI=1S/C10H21N/c1-5-9(3)7-11-8-10(4)6-2/h7,9-10H,5-6,8H2,1-4H3/t9-,10+/m1/s1. The van der Waals surface area contributed by atoms with E-state index in [1.54, 1.807) is 0 Å². The van der Waals surface area contributed by atoms with E-state index in [0.29, 0.717) is 5.92 Å². The minimum absolute atomic E-state index is 0.652. The van der Waals surface area contributed by atoms with Crippen molar-refractivity contribution in [3.8, 4) is 0 Å². The normalized spacial score (nSPS) is 17.1. The molecule has 0 bridgehead atoms. The summed E-state index contributed by atoms with van der Waals surface area (Å²) >= 11 is 0. The monoisotopic (exact) mass is 155 g/mol. The van der Waals surface area contributed by atoms with Crippen LogP contribution < -0.4 is 0 Å². The van der Waals surface area contributed by atoms with E-state index in [4.69, 9.17) is 0 Å². The third kappa shape index (κ3) is 6.08.